The molecule has 3 nitrogen and oxygen atoms in total. The maximum absolute atomic E-state index is 4.06. The Morgan fingerprint density at radius 1 is 0.600 bits per heavy atom. The first-order valence-electron chi connectivity index (χ1n) is 4.34. The number of aromatic nitrogens is 3. The Hall–Kier alpha value is -2.31. The van der Waals surface area contributed by atoms with Crippen LogP contribution in [0.25, 0.3) is 0 Å². The van der Waals surface area contributed by atoms with Crippen molar-refractivity contribution in [2.45, 2.75) is 20.8 Å². The van der Waals surface area contributed by atoms with E-state index >= 15 is 0 Å². The number of nitrogens with zero attached hydrogens (tertiary/aromatic N) is 3. The van der Waals surface area contributed by atoms with Crippen LogP contribution in [0.15, 0.2) is 0 Å². The predicted octanol–water partition coefficient (Wildman–Crippen LogP) is 0.986. The lowest BCUT2D eigenvalue weighted by Crippen LogP contribution is -2.01. The van der Waals surface area contributed by atoms with E-state index in [0.29, 0.717) is 17.5 Å². The van der Waals surface area contributed by atoms with Crippen LogP contribution in [0.1, 0.15) is 38.2 Å². The van der Waals surface area contributed by atoms with E-state index in [2.05, 4.69) is 50.5 Å². The Kier molecular flexibility index (Phi) is 3.90. The largest absolute Gasteiger partial charge is 0.210 e. The van der Waals surface area contributed by atoms with Gasteiger partial charge < -0.3 is 0 Å². The van der Waals surface area contributed by atoms with Crippen molar-refractivity contribution in [2.24, 2.45) is 0 Å². The van der Waals surface area contributed by atoms with Crippen LogP contribution in [0.2, 0.25) is 0 Å². The molecule has 0 radical (unpaired) electrons. The molecule has 0 fully saturated rings. The Balaban J connectivity index is 3.31. The van der Waals surface area contributed by atoms with Gasteiger partial charge in [-0.1, -0.05) is 17.8 Å². The zero-order valence-corrected chi connectivity index (χ0v) is 8.84. The highest BCUT2D eigenvalue weighted by molar-refractivity contribution is 5.30. The Labute approximate surface area is 89.4 Å². The van der Waals surface area contributed by atoms with E-state index in [-0.39, 0.29) is 0 Å². The van der Waals surface area contributed by atoms with Gasteiger partial charge in [0, 0.05) is 0 Å². The molecule has 72 valence electrons. The second-order valence-corrected chi connectivity index (χ2v) is 2.43. The van der Waals surface area contributed by atoms with Gasteiger partial charge in [0.2, 0.25) is 17.5 Å². The second kappa shape index (κ2) is 5.43. The average molecular weight is 195 g/mol. The average Bonchev–Trinajstić information content (AvgIpc) is 2.19. The molecule has 0 spiro atoms. The fourth-order valence-corrected chi connectivity index (χ4v) is 0.879. The number of hydrogen-bond donors (Lipinski definition) is 0. The molecule has 1 heterocycles. The summed E-state index contributed by atoms with van der Waals surface area (Å²) in [6, 6.07) is 0. The molecule has 1 aromatic rings. The lowest BCUT2D eigenvalue weighted by Gasteiger charge is -1.93. The molecule has 0 aromatic carbocycles. The van der Waals surface area contributed by atoms with Crippen LogP contribution in [0, 0.1) is 35.5 Å². The third-order valence-corrected chi connectivity index (χ3v) is 1.35. The topological polar surface area (TPSA) is 38.7 Å². The zero-order chi connectivity index (χ0) is 11.1. The van der Waals surface area contributed by atoms with Gasteiger partial charge in [0.05, 0.1) is 0 Å². The summed E-state index contributed by atoms with van der Waals surface area (Å²) in [4.78, 5) is 12.2. The third kappa shape index (κ3) is 3.14. The molecule has 0 amide bonds. The molecular formula is C12H9N3. The highest BCUT2D eigenvalue weighted by atomic mass is 15.0. The summed E-state index contributed by atoms with van der Waals surface area (Å²) >= 11 is 0. The molecule has 0 aliphatic carbocycles. The molecule has 0 aliphatic heterocycles. The molecule has 0 atom stereocenters. The van der Waals surface area contributed by atoms with Crippen LogP contribution in [-0.4, -0.2) is 15.0 Å². The molecule has 1 rings (SSSR count). The molecular weight excluding hydrogens is 186 g/mol. The van der Waals surface area contributed by atoms with Crippen molar-refractivity contribution in [1.29, 1.82) is 0 Å². The molecule has 0 aliphatic rings. The monoisotopic (exact) mass is 195 g/mol. The van der Waals surface area contributed by atoms with Gasteiger partial charge in [-0.05, 0) is 38.5 Å². The van der Waals surface area contributed by atoms with E-state index in [1.54, 1.807) is 20.8 Å². The van der Waals surface area contributed by atoms with Gasteiger partial charge in [-0.25, -0.2) is 0 Å². The summed E-state index contributed by atoms with van der Waals surface area (Å²) in [5.74, 6) is 17.7. The lowest BCUT2D eigenvalue weighted by molar-refractivity contribution is 0.976. The predicted molar refractivity (Wildman–Crippen MR) is 57.5 cm³/mol. The summed E-state index contributed by atoms with van der Waals surface area (Å²) in [5.41, 5.74) is 0. The van der Waals surface area contributed by atoms with E-state index in [1.165, 1.54) is 0 Å². The Bertz CT molecular complexity index is 446. The van der Waals surface area contributed by atoms with Gasteiger partial charge in [-0.15, -0.1) is 0 Å². The van der Waals surface area contributed by atoms with Crippen LogP contribution in [0.3, 0.4) is 0 Å². The standard InChI is InChI=1S/C12H9N3/c1-4-7-10-13-11(8-5-2)15-12(14-10)9-6-3/h1-3H3. The molecule has 15 heavy (non-hydrogen) atoms. The number of hydrogen-bond acceptors (Lipinski definition) is 3. The molecule has 3 heteroatoms. The minimum atomic E-state index is 0.406. The van der Waals surface area contributed by atoms with E-state index in [9.17, 15) is 0 Å². The van der Waals surface area contributed by atoms with E-state index in [4.69, 9.17) is 0 Å². The highest BCUT2D eigenvalue weighted by Gasteiger charge is 1.99. The lowest BCUT2D eigenvalue weighted by atomic mass is 10.4. The van der Waals surface area contributed by atoms with Crippen molar-refractivity contribution in [3.63, 3.8) is 0 Å². The quantitative estimate of drug-likeness (QED) is 0.579. The first kappa shape index (κ1) is 10.8. The van der Waals surface area contributed by atoms with Gasteiger partial charge in [-0.3, -0.25) is 0 Å². The van der Waals surface area contributed by atoms with Crippen molar-refractivity contribution >= 4 is 0 Å². The van der Waals surface area contributed by atoms with Crippen molar-refractivity contribution in [3.05, 3.63) is 17.5 Å². The van der Waals surface area contributed by atoms with Gasteiger partial charge in [0.15, 0.2) is 0 Å². The normalized spacial score (nSPS) is 7.40. The molecule has 0 saturated heterocycles. The minimum absolute atomic E-state index is 0.406. The molecule has 0 unspecified atom stereocenters. The maximum Gasteiger partial charge on any atom is 0.210 e. The van der Waals surface area contributed by atoms with E-state index in [1.807, 2.05) is 0 Å². The Morgan fingerprint density at radius 2 is 0.867 bits per heavy atom. The molecule has 0 saturated carbocycles. The summed E-state index contributed by atoms with van der Waals surface area (Å²) in [6.45, 7) is 5.17. The highest BCUT2D eigenvalue weighted by Crippen LogP contribution is 1.93. The summed E-state index contributed by atoms with van der Waals surface area (Å²) in [5, 5.41) is 0. The number of rotatable bonds is 0. The second-order valence-electron chi connectivity index (χ2n) is 2.43. The molecule has 0 bridgehead atoms. The minimum Gasteiger partial charge on any atom is -0.193 e. The van der Waals surface area contributed by atoms with Crippen LogP contribution in [-0.2, 0) is 0 Å². The van der Waals surface area contributed by atoms with Crippen molar-refractivity contribution in [2.75, 3.05) is 0 Å². The molecule has 0 N–H and O–H groups in total. The molecule has 1 aromatic heterocycles. The first-order chi connectivity index (χ1) is 7.30. The third-order valence-electron chi connectivity index (χ3n) is 1.35. The van der Waals surface area contributed by atoms with E-state index in [0.717, 1.165) is 0 Å². The van der Waals surface area contributed by atoms with Crippen molar-refractivity contribution < 1.29 is 0 Å². The van der Waals surface area contributed by atoms with Crippen molar-refractivity contribution in [3.8, 4) is 35.5 Å². The van der Waals surface area contributed by atoms with Crippen LogP contribution in [0.5, 0.6) is 0 Å². The van der Waals surface area contributed by atoms with Crippen LogP contribution >= 0.6 is 0 Å². The van der Waals surface area contributed by atoms with Crippen LogP contribution < -0.4 is 0 Å². The van der Waals surface area contributed by atoms with Crippen LogP contribution in [0.4, 0.5) is 0 Å². The fraction of sp³-hybridized carbons (Fsp3) is 0.250. The van der Waals surface area contributed by atoms with Gasteiger partial charge in [-0.2, -0.15) is 15.0 Å². The van der Waals surface area contributed by atoms with E-state index < -0.39 is 0 Å². The fourth-order valence-electron chi connectivity index (χ4n) is 0.879. The van der Waals surface area contributed by atoms with Crippen molar-refractivity contribution in [1.82, 2.24) is 15.0 Å². The Morgan fingerprint density at radius 3 is 1.07 bits per heavy atom. The first-order valence-corrected chi connectivity index (χ1v) is 4.34. The maximum atomic E-state index is 4.06. The van der Waals surface area contributed by atoms with Gasteiger partial charge in [0.25, 0.3) is 0 Å². The zero-order valence-electron chi connectivity index (χ0n) is 8.84. The van der Waals surface area contributed by atoms with Gasteiger partial charge in [0.1, 0.15) is 0 Å². The summed E-state index contributed by atoms with van der Waals surface area (Å²) < 4.78 is 0. The summed E-state index contributed by atoms with van der Waals surface area (Å²) in [6.07, 6.45) is 0. The smallest absolute Gasteiger partial charge is 0.193 e. The SMILES string of the molecule is CC#Cc1nc(C#CC)nc(C#CC)n1. The summed E-state index contributed by atoms with van der Waals surface area (Å²) in [7, 11) is 0. The van der Waals surface area contributed by atoms with Gasteiger partial charge >= 0.3 is 0 Å².